The third-order valence-corrected chi connectivity index (χ3v) is 8.52. The van der Waals surface area contributed by atoms with Crippen molar-refractivity contribution in [2.24, 2.45) is 28.6 Å². The second-order valence-corrected chi connectivity index (χ2v) is 9.81. The molecule has 3 saturated carbocycles. The van der Waals surface area contributed by atoms with E-state index >= 15 is 0 Å². The lowest BCUT2D eigenvalue weighted by atomic mass is 9.46. The Morgan fingerprint density at radius 3 is 2.69 bits per heavy atom. The minimum atomic E-state index is -1.60. The molecule has 0 spiro atoms. The van der Waals surface area contributed by atoms with Crippen LogP contribution in [0.3, 0.4) is 0 Å². The maximum absolute atomic E-state index is 12.9. The highest BCUT2D eigenvalue weighted by atomic mass is 16.5. The summed E-state index contributed by atoms with van der Waals surface area (Å²) in [5.74, 6) is -0.836. The van der Waals surface area contributed by atoms with E-state index in [0.29, 0.717) is 19.3 Å². The van der Waals surface area contributed by atoms with Crippen LogP contribution in [0.5, 0.6) is 0 Å². The highest BCUT2D eigenvalue weighted by Crippen LogP contribution is 2.67. The van der Waals surface area contributed by atoms with Crippen molar-refractivity contribution < 1.29 is 29.3 Å². The van der Waals surface area contributed by atoms with Crippen LogP contribution < -0.4 is 0 Å². The van der Waals surface area contributed by atoms with E-state index in [4.69, 9.17) is 4.74 Å². The molecule has 4 aliphatic rings. The van der Waals surface area contributed by atoms with Crippen molar-refractivity contribution in [1.82, 2.24) is 0 Å². The molecule has 2 unspecified atom stereocenters. The first-order chi connectivity index (χ1) is 13.5. The molecule has 7 atom stereocenters. The van der Waals surface area contributed by atoms with Crippen LogP contribution in [0, 0.1) is 28.6 Å². The zero-order chi connectivity index (χ0) is 21.2. The Kier molecular flexibility index (Phi) is 4.67. The van der Waals surface area contributed by atoms with Crippen molar-refractivity contribution in [3.63, 3.8) is 0 Å². The van der Waals surface area contributed by atoms with Gasteiger partial charge in [-0.1, -0.05) is 25.5 Å². The van der Waals surface area contributed by atoms with E-state index in [1.807, 2.05) is 13.0 Å². The van der Waals surface area contributed by atoms with Crippen LogP contribution in [0.2, 0.25) is 0 Å². The second-order valence-electron chi connectivity index (χ2n) is 9.81. The van der Waals surface area contributed by atoms with Crippen LogP contribution in [0.4, 0.5) is 0 Å². The Labute approximate surface area is 171 Å². The van der Waals surface area contributed by atoms with Crippen molar-refractivity contribution in [3.05, 3.63) is 23.8 Å². The number of hydrogen-bond donors (Lipinski definition) is 2. The lowest BCUT2D eigenvalue weighted by Crippen LogP contribution is -2.61. The van der Waals surface area contributed by atoms with Crippen molar-refractivity contribution in [2.45, 2.75) is 64.6 Å². The monoisotopic (exact) mass is 402 g/mol. The summed E-state index contributed by atoms with van der Waals surface area (Å²) in [6.45, 7) is 4.80. The smallest absolute Gasteiger partial charge is 0.303 e. The number of carbonyl (C=O) groups is 3. The number of allylic oxidation sites excluding steroid dienone is 4. The highest BCUT2D eigenvalue weighted by molar-refractivity contribution is 6.01. The van der Waals surface area contributed by atoms with E-state index in [1.165, 1.54) is 6.92 Å². The minimum Gasteiger partial charge on any atom is -0.458 e. The molecule has 0 bridgehead atoms. The van der Waals surface area contributed by atoms with E-state index < -0.39 is 35.5 Å². The fourth-order valence-electron chi connectivity index (χ4n) is 7.08. The highest BCUT2D eigenvalue weighted by Gasteiger charge is 2.68. The minimum absolute atomic E-state index is 0.00243. The number of carbonyl (C=O) groups excluding carboxylic acids is 3. The van der Waals surface area contributed by atoms with Gasteiger partial charge in [0.25, 0.3) is 0 Å². The molecule has 2 N–H and O–H groups in total. The molecule has 4 aliphatic carbocycles. The zero-order valence-electron chi connectivity index (χ0n) is 17.3. The van der Waals surface area contributed by atoms with E-state index in [9.17, 15) is 24.6 Å². The van der Waals surface area contributed by atoms with Crippen LogP contribution in [0.25, 0.3) is 0 Å². The van der Waals surface area contributed by atoms with Gasteiger partial charge in [-0.2, -0.15) is 0 Å². The summed E-state index contributed by atoms with van der Waals surface area (Å²) in [5, 5.41) is 22.7. The molecule has 0 aliphatic heterocycles. The number of Topliss-reactive ketones (excluding diaryl/α,β-unsaturated/α-hetero) is 1. The molecular weight excluding hydrogens is 372 g/mol. The molecule has 6 nitrogen and oxygen atoms in total. The number of ketones is 2. The van der Waals surface area contributed by atoms with Crippen LogP contribution in [-0.4, -0.2) is 46.1 Å². The van der Waals surface area contributed by atoms with E-state index in [0.717, 1.165) is 18.4 Å². The topological polar surface area (TPSA) is 101 Å². The van der Waals surface area contributed by atoms with Crippen LogP contribution >= 0.6 is 0 Å². The van der Waals surface area contributed by atoms with E-state index in [2.05, 4.69) is 6.92 Å². The summed E-state index contributed by atoms with van der Waals surface area (Å²) >= 11 is 0. The lowest BCUT2D eigenvalue weighted by Gasteiger charge is -2.59. The molecule has 0 heterocycles. The normalized spacial score (nSPS) is 45.7. The Morgan fingerprint density at radius 2 is 2.00 bits per heavy atom. The third-order valence-electron chi connectivity index (χ3n) is 8.52. The molecule has 6 heteroatoms. The van der Waals surface area contributed by atoms with Gasteiger partial charge in [-0.25, -0.2) is 0 Å². The number of aliphatic hydroxyl groups is 2. The number of fused-ring (bicyclic) bond motifs is 5. The second kappa shape index (κ2) is 6.61. The van der Waals surface area contributed by atoms with Crippen molar-refractivity contribution >= 4 is 17.5 Å². The summed E-state index contributed by atoms with van der Waals surface area (Å²) in [5.41, 5.74) is -1.67. The first-order valence-electron chi connectivity index (χ1n) is 10.5. The number of hydrogen-bond acceptors (Lipinski definition) is 6. The molecule has 0 aromatic heterocycles. The van der Waals surface area contributed by atoms with Gasteiger partial charge in [-0.15, -0.1) is 0 Å². The molecule has 29 heavy (non-hydrogen) atoms. The molecule has 158 valence electrons. The fourth-order valence-corrected chi connectivity index (χ4v) is 7.08. The summed E-state index contributed by atoms with van der Waals surface area (Å²) in [6.07, 6.45) is 7.50. The quantitative estimate of drug-likeness (QED) is 0.702. The van der Waals surface area contributed by atoms with Gasteiger partial charge in [0, 0.05) is 23.7 Å². The van der Waals surface area contributed by atoms with Gasteiger partial charge in [0.05, 0.1) is 6.10 Å². The standard InChI is InChI=1S/C23H30O6/c1-13(24)29-12-19(27)23(28)9-7-17-16-5-4-14-10-15(25)6-8-21(14,2)20(16)18(26)11-22(17,23)3/h6,8,10,16-18,20,26,28H,4-5,7,9,11-12H2,1-3H3/t16-,17-,18?,20+,21-,22-,23?/m0/s1. The van der Waals surface area contributed by atoms with E-state index in [-0.39, 0.29) is 29.0 Å². The molecule has 3 fully saturated rings. The summed E-state index contributed by atoms with van der Waals surface area (Å²) < 4.78 is 4.88. The first kappa shape index (κ1) is 20.5. The number of rotatable bonds is 3. The predicted octanol–water partition coefficient (Wildman–Crippen LogP) is 2.13. The molecular formula is C23H30O6. The summed E-state index contributed by atoms with van der Waals surface area (Å²) in [4.78, 5) is 35.9. The van der Waals surface area contributed by atoms with Gasteiger partial charge in [0.1, 0.15) is 5.60 Å². The Morgan fingerprint density at radius 1 is 1.28 bits per heavy atom. The van der Waals surface area contributed by atoms with Gasteiger partial charge in [-0.05, 0) is 56.1 Å². The number of esters is 1. The molecule has 0 radical (unpaired) electrons. The van der Waals surface area contributed by atoms with Crippen LogP contribution in [0.1, 0.15) is 52.9 Å². The van der Waals surface area contributed by atoms with Gasteiger partial charge >= 0.3 is 5.97 Å². The first-order valence-corrected chi connectivity index (χ1v) is 10.5. The van der Waals surface area contributed by atoms with Gasteiger partial charge in [0.2, 0.25) is 5.78 Å². The SMILES string of the molecule is CC(=O)OCC(=O)C1(O)CC[C@H]2[C@@H]3CCC4=CC(=O)C=C[C@]4(C)[C@H]3C(O)C[C@@]21C. The van der Waals surface area contributed by atoms with Crippen LogP contribution in [0.15, 0.2) is 23.8 Å². The molecule has 4 rings (SSSR count). The fraction of sp³-hybridized carbons (Fsp3) is 0.696. The van der Waals surface area contributed by atoms with Gasteiger partial charge in [-0.3, -0.25) is 14.4 Å². The lowest BCUT2D eigenvalue weighted by molar-refractivity contribution is -0.181. The molecule has 0 aromatic carbocycles. The maximum Gasteiger partial charge on any atom is 0.303 e. The van der Waals surface area contributed by atoms with Crippen molar-refractivity contribution in [2.75, 3.05) is 6.61 Å². The van der Waals surface area contributed by atoms with Crippen molar-refractivity contribution in [1.29, 1.82) is 0 Å². The molecule has 0 saturated heterocycles. The van der Waals surface area contributed by atoms with Gasteiger partial charge in [0.15, 0.2) is 12.4 Å². The number of ether oxygens (including phenoxy) is 1. The van der Waals surface area contributed by atoms with Gasteiger partial charge < -0.3 is 14.9 Å². The predicted molar refractivity (Wildman–Crippen MR) is 105 cm³/mol. The number of aliphatic hydroxyl groups excluding tert-OH is 1. The average Bonchev–Trinajstić information content (AvgIpc) is 2.91. The van der Waals surface area contributed by atoms with Crippen molar-refractivity contribution in [3.8, 4) is 0 Å². The van der Waals surface area contributed by atoms with Crippen LogP contribution in [-0.2, 0) is 19.1 Å². The molecule has 0 aromatic rings. The largest absolute Gasteiger partial charge is 0.458 e. The zero-order valence-corrected chi connectivity index (χ0v) is 17.3. The Hall–Kier alpha value is -1.79. The maximum atomic E-state index is 12.9. The Bertz CT molecular complexity index is 827. The Balaban J connectivity index is 1.66. The van der Waals surface area contributed by atoms with E-state index in [1.54, 1.807) is 12.2 Å². The average molecular weight is 402 g/mol. The molecule has 0 amide bonds. The third kappa shape index (κ3) is 2.79. The summed E-state index contributed by atoms with van der Waals surface area (Å²) in [7, 11) is 0. The summed E-state index contributed by atoms with van der Waals surface area (Å²) in [6, 6.07) is 0.